The first-order chi connectivity index (χ1) is 13.6. The van der Waals surface area contributed by atoms with Crippen LogP contribution in [0.3, 0.4) is 0 Å². The number of rotatable bonds is 4. The quantitative estimate of drug-likeness (QED) is 0.412. The summed E-state index contributed by atoms with van der Waals surface area (Å²) in [6.07, 6.45) is 12.3. The topological polar surface area (TPSA) is 43.4 Å². The minimum Gasteiger partial charge on any atom is -0.466 e. The van der Waals surface area contributed by atoms with Crippen LogP contribution in [0.25, 0.3) is 0 Å². The molecule has 4 aliphatic carbocycles. The van der Waals surface area contributed by atoms with Gasteiger partial charge in [-0.2, -0.15) is 0 Å². The third-order valence-corrected chi connectivity index (χ3v) is 8.65. The van der Waals surface area contributed by atoms with Crippen molar-refractivity contribution in [1.29, 1.82) is 0 Å². The van der Waals surface area contributed by atoms with E-state index in [0.29, 0.717) is 29.6 Å². The first kappa shape index (κ1) is 22.3. The lowest BCUT2D eigenvalue weighted by Crippen LogP contribution is -2.22. The van der Waals surface area contributed by atoms with Crippen LogP contribution in [0.15, 0.2) is 23.3 Å². The molecule has 162 valence electrons. The van der Waals surface area contributed by atoms with E-state index in [2.05, 4.69) is 39.8 Å². The molecule has 4 unspecified atom stereocenters. The highest BCUT2D eigenvalue weighted by molar-refractivity contribution is 5.95. The van der Waals surface area contributed by atoms with Gasteiger partial charge in [0.15, 0.2) is 5.78 Å². The number of hydrogen-bond acceptors (Lipinski definition) is 3. The molecule has 29 heavy (non-hydrogen) atoms. The highest BCUT2D eigenvalue weighted by atomic mass is 16.5. The van der Waals surface area contributed by atoms with Gasteiger partial charge in [0.1, 0.15) is 0 Å². The van der Waals surface area contributed by atoms with E-state index < -0.39 is 0 Å². The molecule has 4 aliphatic rings. The molecule has 4 rings (SSSR count). The van der Waals surface area contributed by atoms with Crippen LogP contribution in [-0.2, 0) is 14.3 Å². The number of Topliss-reactive ketones (excluding diaryl/α,β-unsaturated/α-hetero) is 1. The summed E-state index contributed by atoms with van der Waals surface area (Å²) in [4.78, 5) is 23.2. The molecule has 0 aromatic heterocycles. The second kappa shape index (κ2) is 8.40. The fraction of sp³-hybridized carbons (Fsp3) is 0.769. The molecule has 0 heterocycles. The van der Waals surface area contributed by atoms with Crippen LogP contribution in [0.5, 0.6) is 0 Å². The zero-order valence-corrected chi connectivity index (χ0v) is 19.3. The van der Waals surface area contributed by atoms with Crippen LogP contribution < -0.4 is 0 Å². The van der Waals surface area contributed by atoms with Crippen molar-refractivity contribution in [3.05, 3.63) is 23.3 Å². The van der Waals surface area contributed by atoms with Gasteiger partial charge in [0.2, 0.25) is 0 Å². The lowest BCUT2D eigenvalue weighted by atomic mass is 9.78. The zero-order chi connectivity index (χ0) is 21.4. The summed E-state index contributed by atoms with van der Waals surface area (Å²) < 4.78 is 5.12. The lowest BCUT2D eigenvalue weighted by molar-refractivity contribution is -0.145. The number of carbonyl (C=O) groups excluding carboxylic acids is 2. The van der Waals surface area contributed by atoms with E-state index in [4.69, 9.17) is 4.74 Å². The highest BCUT2D eigenvalue weighted by Gasteiger charge is 2.59. The maximum atomic E-state index is 11.7. The van der Waals surface area contributed by atoms with E-state index in [1.54, 1.807) is 0 Å². The molecule has 0 amide bonds. The van der Waals surface area contributed by atoms with Gasteiger partial charge in [-0.15, -0.1) is 0 Å². The largest absolute Gasteiger partial charge is 0.466 e. The summed E-state index contributed by atoms with van der Waals surface area (Å²) in [6.45, 7) is 13.4. The minimum absolute atomic E-state index is 0.0243. The Morgan fingerprint density at radius 3 is 2.28 bits per heavy atom. The molecule has 0 N–H and O–H groups in total. The summed E-state index contributed by atoms with van der Waals surface area (Å²) >= 11 is 0. The predicted molar refractivity (Wildman–Crippen MR) is 117 cm³/mol. The van der Waals surface area contributed by atoms with E-state index in [1.165, 1.54) is 24.8 Å². The molecule has 2 saturated carbocycles. The van der Waals surface area contributed by atoms with Crippen LogP contribution >= 0.6 is 0 Å². The minimum atomic E-state index is 0.0243. The second-order valence-corrected chi connectivity index (χ2v) is 10.6. The van der Waals surface area contributed by atoms with Gasteiger partial charge in [-0.05, 0) is 93.5 Å². The molecule has 0 spiro atoms. The van der Waals surface area contributed by atoms with Crippen molar-refractivity contribution >= 4 is 11.8 Å². The normalized spacial score (nSPS) is 40.8. The van der Waals surface area contributed by atoms with Crippen molar-refractivity contribution < 1.29 is 14.3 Å². The standard InChI is InChI=1S/C14H22O2.C12H18O/c1-4-16-13(15)12-9-14(12,3)11-7-5-10(2)6-8-11;1-8-4-5-10(6-11(8)13)12(3)7-9(12)2/h5,11-12H,4,6-9H2,1-3H3;4,9-10H,5-7H2,1-3H3/t11-,12?,14?;9?,10-,12?/m11/s1. The SMILES string of the molecule is CC1=CC[C@@H](C2(C)CC2C)CC1=O.CCOC(=O)C1CC1(C)[C@@H]1CC=C(C)CC1. The molecule has 0 aromatic rings. The molecule has 0 aliphatic heterocycles. The maximum absolute atomic E-state index is 11.7. The molecule has 2 fully saturated rings. The van der Waals surface area contributed by atoms with Gasteiger partial charge in [-0.1, -0.05) is 38.5 Å². The van der Waals surface area contributed by atoms with Gasteiger partial charge in [0, 0.05) is 6.42 Å². The van der Waals surface area contributed by atoms with E-state index in [9.17, 15) is 9.59 Å². The number of carbonyl (C=O) groups is 2. The van der Waals surface area contributed by atoms with Gasteiger partial charge >= 0.3 is 5.97 Å². The summed E-state index contributed by atoms with van der Waals surface area (Å²) in [5.74, 6) is 2.71. The summed E-state index contributed by atoms with van der Waals surface area (Å²) in [5.41, 5.74) is 3.19. The molecule has 3 heteroatoms. The number of ether oxygens (including phenoxy) is 1. The number of hydrogen-bond donors (Lipinski definition) is 0. The van der Waals surface area contributed by atoms with Gasteiger partial charge in [0.25, 0.3) is 0 Å². The summed E-state index contributed by atoms with van der Waals surface area (Å²) in [5, 5.41) is 0. The highest BCUT2D eigenvalue weighted by Crippen LogP contribution is 2.61. The molecule has 0 bridgehead atoms. The Kier molecular flexibility index (Phi) is 6.46. The van der Waals surface area contributed by atoms with Crippen molar-refractivity contribution in [2.75, 3.05) is 6.61 Å². The summed E-state index contributed by atoms with van der Waals surface area (Å²) in [7, 11) is 0. The maximum Gasteiger partial charge on any atom is 0.309 e. The van der Waals surface area contributed by atoms with Gasteiger partial charge in [0.05, 0.1) is 12.5 Å². The Balaban J connectivity index is 0.000000169. The van der Waals surface area contributed by atoms with E-state index >= 15 is 0 Å². The average molecular weight is 401 g/mol. The Bertz CT molecular complexity index is 717. The van der Waals surface area contributed by atoms with E-state index in [-0.39, 0.29) is 17.3 Å². The molecule has 0 radical (unpaired) electrons. The van der Waals surface area contributed by atoms with Crippen LogP contribution in [0, 0.1) is 34.5 Å². The number of allylic oxidation sites excluding steroid dienone is 4. The average Bonchev–Trinajstić information content (AvgIpc) is 3.54. The van der Waals surface area contributed by atoms with Gasteiger partial charge < -0.3 is 4.74 Å². The van der Waals surface area contributed by atoms with Gasteiger partial charge in [-0.25, -0.2) is 0 Å². The Morgan fingerprint density at radius 1 is 1.10 bits per heavy atom. The first-order valence-electron chi connectivity index (χ1n) is 11.6. The van der Waals surface area contributed by atoms with Crippen LogP contribution in [0.4, 0.5) is 0 Å². The van der Waals surface area contributed by atoms with Crippen LogP contribution in [0.2, 0.25) is 0 Å². The Labute approximate surface area is 177 Å². The lowest BCUT2D eigenvalue weighted by Gasteiger charge is -2.27. The number of esters is 1. The Morgan fingerprint density at radius 2 is 1.76 bits per heavy atom. The molecule has 0 saturated heterocycles. The van der Waals surface area contributed by atoms with Crippen LogP contribution in [0.1, 0.15) is 86.5 Å². The van der Waals surface area contributed by atoms with Gasteiger partial charge in [-0.3, -0.25) is 9.59 Å². The molecule has 3 nitrogen and oxygen atoms in total. The van der Waals surface area contributed by atoms with Crippen LogP contribution in [-0.4, -0.2) is 18.4 Å². The monoisotopic (exact) mass is 400 g/mol. The van der Waals surface area contributed by atoms with Crippen molar-refractivity contribution in [1.82, 2.24) is 0 Å². The number of ketones is 1. The fourth-order valence-corrected chi connectivity index (χ4v) is 5.56. The van der Waals surface area contributed by atoms with E-state index in [0.717, 1.165) is 37.2 Å². The first-order valence-corrected chi connectivity index (χ1v) is 11.6. The predicted octanol–water partition coefficient (Wildman–Crippen LogP) is 6.28. The third-order valence-electron chi connectivity index (χ3n) is 8.65. The summed E-state index contributed by atoms with van der Waals surface area (Å²) in [6, 6.07) is 0. The van der Waals surface area contributed by atoms with Crippen molar-refractivity contribution in [2.24, 2.45) is 34.5 Å². The second-order valence-electron chi connectivity index (χ2n) is 10.6. The van der Waals surface area contributed by atoms with Crippen molar-refractivity contribution in [3.63, 3.8) is 0 Å². The van der Waals surface area contributed by atoms with E-state index in [1.807, 2.05) is 13.8 Å². The molecular weight excluding hydrogens is 360 g/mol. The smallest absolute Gasteiger partial charge is 0.309 e. The third kappa shape index (κ3) is 4.70. The van der Waals surface area contributed by atoms with Crippen molar-refractivity contribution in [3.8, 4) is 0 Å². The fourth-order valence-electron chi connectivity index (χ4n) is 5.56. The Hall–Kier alpha value is -1.38. The molecular formula is C26H40O3. The molecule has 6 atom stereocenters. The van der Waals surface area contributed by atoms with Crippen molar-refractivity contribution in [2.45, 2.75) is 86.5 Å². The molecule has 0 aromatic carbocycles. The zero-order valence-electron chi connectivity index (χ0n) is 19.3.